The van der Waals surface area contributed by atoms with Crippen LogP contribution in [0.15, 0.2) is 66.7 Å². The number of halogens is 6. The maximum absolute atomic E-state index is 16.0. The Bertz CT molecular complexity index is 3000. The van der Waals surface area contributed by atoms with E-state index in [-0.39, 0.29) is 12.0 Å². The quantitative estimate of drug-likeness (QED) is 0.0741. The molecule has 2 aliphatic carbocycles. The number of anilines is 1. The van der Waals surface area contributed by atoms with Gasteiger partial charge in [-0.1, -0.05) is 96.1 Å². The molecule has 1 unspecified atom stereocenters. The van der Waals surface area contributed by atoms with Crippen molar-refractivity contribution in [2.75, 3.05) is 26.0 Å². The first-order valence-corrected chi connectivity index (χ1v) is 28.4. The molecule has 2 heterocycles. The van der Waals surface area contributed by atoms with E-state index in [1.807, 2.05) is 42.5 Å². The third-order valence-electron chi connectivity index (χ3n) is 16.6. The Morgan fingerprint density at radius 1 is 0.560 bits per heavy atom. The average molecular weight is 1180 g/mol. The van der Waals surface area contributed by atoms with Gasteiger partial charge >= 0.3 is 23.7 Å². The van der Waals surface area contributed by atoms with Gasteiger partial charge in [0, 0.05) is 31.2 Å². The van der Waals surface area contributed by atoms with Crippen LogP contribution in [0.25, 0.3) is 0 Å². The highest BCUT2D eigenvalue weighted by atomic mass is 19.3. The number of carbonyl (C=O) groups is 8. The fraction of sp³-hybridized carbons (Fsp3) is 0.567. The molecule has 9 atom stereocenters. The number of nitrogens with zero attached hydrogens (tertiary/aromatic N) is 2. The van der Waals surface area contributed by atoms with Gasteiger partial charge in [0.15, 0.2) is 0 Å². The van der Waals surface area contributed by atoms with Crippen molar-refractivity contribution in [3.8, 4) is 0 Å². The Hall–Kier alpha value is -7.08. The lowest BCUT2D eigenvalue weighted by molar-refractivity contribution is -0.285. The van der Waals surface area contributed by atoms with Gasteiger partial charge in [-0.25, -0.2) is 0 Å². The molecule has 8 amide bonds. The molecule has 84 heavy (non-hydrogen) atoms. The van der Waals surface area contributed by atoms with Gasteiger partial charge < -0.3 is 52.3 Å². The predicted molar refractivity (Wildman–Crippen MR) is 300 cm³/mol. The van der Waals surface area contributed by atoms with Crippen LogP contribution in [0, 0.1) is 10.8 Å². The van der Waals surface area contributed by atoms with Crippen molar-refractivity contribution in [3.63, 3.8) is 0 Å². The number of benzene rings is 3. The molecule has 3 aromatic rings. The van der Waals surface area contributed by atoms with Crippen LogP contribution in [-0.2, 0) is 64.2 Å². The molecule has 2 aliphatic heterocycles. The zero-order valence-corrected chi connectivity index (χ0v) is 49.0. The number of aryl methyl sites for hydroxylation is 2. The Labute approximate surface area is 485 Å². The minimum absolute atomic E-state index is 0.152. The van der Waals surface area contributed by atoms with Gasteiger partial charge in [-0.05, 0) is 129 Å². The second-order valence-electron chi connectivity index (χ2n) is 24.7. The number of hydrogen-bond acceptors (Lipinski definition) is 10. The van der Waals surface area contributed by atoms with E-state index >= 15 is 26.3 Å². The summed E-state index contributed by atoms with van der Waals surface area (Å²) in [5.41, 5.74) is 1.65. The molecule has 0 radical (unpaired) electrons. The topological polar surface area (TPSA) is 239 Å². The van der Waals surface area contributed by atoms with Crippen LogP contribution in [0.1, 0.15) is 133 Å². The summed E-state index contributed by atoms with van der Waals surface area (Å²) in [5.74, 6) is -29.2. The smallest absolute Gasteiger partial charge is 0.347 e. The van der Waals surface area contributed by atoms with Crippen molar-refractivity contribution in [3.05, 3.63) is 100 Å². The van der Waals surface area contributed by atoms with E-state index in [9.17, 15) is 38.4 Å². The van der Waals surface area contributed by atoms with Crippen LogP contribution < -0.4 is 42.5 Å². The molecule has 0 aromatic heterocycles. The van der Waals surface area contributed by atoms with Crippen molar-refractivity contribution in [1.29, 1.82) is 0 Å². The van der Waals surface area contributed by atoms with Gasteiger partial charge in [-0.3, -0.25) is 38.4 Å². The van der Waals surface area contributed by atoms with Crippen LogP contribution in [0.3, 0.4) is 0 Å². The van der Waals surface area contributed by atoms with Crippen LogP contribution in [-0.4, -0.2) is 138 Å². The standard InChI is InChI=1S/C60H78F6N10O8/c1-32(67-9)48(77)73-46(56(3,4)5)52(81)75-30-37-27-38(26-25-36(37)28-44(75)50(79)71-42-23-15-19-34-17-11-13-21-40(34)42)69-54(83)58(61,62)60(65,66)59(63,64)55(84)70-39-29-45(51(80)72-43-24-16-20-35-18-12-14-22-41(35)43)76(31-39)53(82)47(57(6,7)8)74-49(78)33(2)68-10/h11-14,17-18,21-22,25-27,32-33,39,42-47,67-68H,15-16,19-20,23-24,28-31H2,1-10H3,(H,69,83)(H,70,84)(H,71,79)(H,72,80)(H,73,77)(H,74,78)/t32-,33-,39-,42+,43+,44-,45-,46?,47+/m0/s1. The zero-order valence-electron chi connectivity index (χ0n) is 49.0. The van der Waals surface area contributed by atoms with E-state index < -0.39 is 155 Å². The number of fused-ring (bicyclic) bond motifs is 3. The van der Waals surface area contributed by atoms with E-state index in [2.05, 4.69) is 31.9 Å². The lowest BCUT2D eigenvalue weighted by Gasteiger charge is -2.42. The van der Waals surface area contributed by atoms with Gasteiger partial charge in [0.25, 0.3) is 5.91 Å². The molecule has 3 aromatic carbocycles. The molecule has 18 nitrogen and oxygen atoms in total. The van der Waals surface area contributed by atoms with Crippen LogP contribution in [0.4, 0.5) is 32.0 Å². The SMILES string of the molecule is CN[C@@H](C)C(=O)NC(C(=O)N1Cc2cc(NC(=O)C(F)(F)C(F)(F)C(F)(F)C(=O)N[C@H]3C[C@@H](C(=O)N[C@@H]4CCCc5ccccc54)N(C(=O)[C@@H](NC(=O)[C@H](C)NC)C(C)(C)C)C3)ccc2C[C@H]1C(=O)N[C@@H]1CCCc2ccccc21)C(C)(C)C. The zero-order chi connectivity index (χ0) is 62.0. The summed E-state index contributed by atoms with van der Waals surface area (Å²) < 4.78 is 95.6. The predicted octanol–water partition coefficient (Wildman–Crippen LogP) is 5.54. The van der Waals surface area contributed by atoms with Gasteiger partial charge in [0.2, 0.25) is 35.4 Å². The van der Waals surface area contributed by atoms with Crippen molar-refractivity contribution in [1.82, 2.24) is 47.0 Å². The van der Waals surface area contributed by atoms with Gasteiger partial charge in [-0.15, -0.1) is 0 Å². The first-order valence-electron chi connectivity index (χ1n) is 28.4. The highest BCUT2D eigenvalue weighted by Crippen LogP contribution is 2.47. The molecule has 8 N–H and O–H groups in total. The van der Waals surface area contributed by atoms with Crippen molar-refractivity contribution in [2.45, 2.75) is 185 Å². The first-order chi connectivity index (χ1) is 39.2. The Morgan fingerprint density at radius 2 is 1.02 bits per heavy atom. The van der Waals surface area contributed by atoms with E-state index in [1.54, 1.807) is 72.2 Å². The van der Waals surface area contributed by atoms with Gasteiger partial charge in [0.1, 0.15) is 24.2 Å². The Morgan fingerprint density at radius 3 is 1.51 bits per heavy atom. The Kier molecular flexibility index (Phi) is 19.4. The summed E-state index contributed by atoms with van der Waals surface area (Å²) in [6.07, 6.45) is 3.23. The molecule has 0 saturated carbocycles. The van der Waals surface area contributed by atoms with Crippen molar-refractivity contribution in [2.24, 2.45) is 10.8 Å². The van der Waals surface area contributed by atoms with Crippen LogP contribution >= 0.6 is 0 Å². The summed E-state index contributed by atoms with van der Waals surface area (Å²) in [4.78, 5) is 113. The summed E-state index contributed by atoms with van der Waals surface area (Å²) >= 11 is 0. The molecule has 1 saturated heterocycles. The average Bonchev–Trinajstić information content (AvgIpc) is 1.20. The lowest BCUT2D eigenvalue weighted by atomic mass is 9.83. The van der Waals surface area contributed by atoms with Gasteiger partial charge in [-0.2, -0.15) is 26.3 Å². The number of hydrogen-bond donors (Lipinski definition) is 8. The molecular weight excluding hydrogens is 1100 g/mol. The molecule has 1 fully saturated rings. The molecule has 7 rings (SSSR count). The second kappa shape index (κ2) is 25.2. The number of rotatable bonds is 18. The fourth-order valence-electron chi connectivity index (χ4n) is 11.3. The highest BCUT2D eigenvalue weighted by molar-refractivity contribution is 5.99. The third kappa shape index (κ3) is 13.5. The van der Waals surface area contributed by atoms with E-state index in [1.165, 1.54) is 24.9 Å². The molecule has 24 heteroatoms. The number of likely N-dealkylation sites (tertiary alicyclic amines) is 1. The molecule has 4 aliphatic rings. The number of amides is 8. The van der Waals surface area contributed by atoms with Crippen LogP contribution in [0.2, 0.25) is 0 Å². The number of alkyl halides is 6. The lowest BCUT2D eigenvalue weighted by Crippen LogP contribution is -2.65. The summed E-state index contributed by atoms with van der Waals surface area (Å²) in [7, 11) is 3.05. The van der Waals surface area contributed by atoms with Crippen LogP contribution in [0.5, 0.6) is 0 Å². The summed E-state index contributed by atoms with van der Waals surface area (Å²) in [6.45, 7) is 11.8. The fourth-order valence-corrected chi connectivity index (χ4v) is 11.3. The van der Waals surface area contributed by atoms with E-state index in [0.717, 1.165) is 58.5 Å². The number of carbonyl (C=O) groups excluding carboxylic acids is 8. The second-order valence-corrected chi connectivity index (χ2v) is 24.7. The van der Waals surface area contributed by atoms with Crippen molar-refractivity contribution >= 4 is 52.9 Å². The van der Waals surface area contributed by atoms with E-state index in [0.29, 0.717) is 24.8 Å². The largest absolute Gasteiger partial charge is 0.393 e. The van der Waals surface area contributed by atoms with Gasteiger partial charge in [0.05, 0.1) is 24.2 Å². The Balaban J connectivity index is 1.11. The minimum atomic E-state index is -6.72. The highest BCUT2D eigenvalue weighted by Gasteiger charge is 2.78. The maximum Gasteiger partial charge on any atom is 0.393 e. The first kappa shape index (κ1) is 64.5. The monoisotopic (exact) mass is 1180 g/mol. The minimum Gasteiger partial charge on any atom is -0.347 e. The third-order valence-corrected chi connectivity index (χ3v) is 16.6. The maximum atomic E-state index is 16.0. The summed E-state index contributed by atoms with van der Waals surface area (Å²) in [6, 6.07) is 8.75. The number of nitrogens with one attached hydrogen (secondary N) is 8. The molecular formula is C60H78F6N10O8. The van der Waals surface area contributed by atoms with E-state index in [4.69, 9.17) is 0 Å². The normalized spacial score (nSPS) is 21.5. The molecule has 0 bridgehead atoms. The number of likely N-dealkylation sites (N-methyl/N-ethyl adjacent to an activating group) is 2. The van der Waals surface area contributed by atoms with Crippen molar-refractivity contribution < 1.29 is 64.7 Å². The summed E-state index contributed by atoms with van der Waals surface area (Å²) in [5, 5.41) is 20.2. The molecule has 0 spiro atoms. The molecule has 458 valence electrons.